The molecule has 0 aromatic heterocycles. The molecule has 3 aromatic carbocycles. The predicted octanol–water partition coefficient (Wildman–Crippen LogP) is 4.29. The van der Waals surface area contributed by atoms with Crippen LogP contribution in [0, 0.1) is 6.92 Å². The van der Waals surface area contributed by atoms with Gasteiger partial charge in [0.25, 0.3) is 5.91 Å². The summed E-state index contributed by atoms with van der Waals surface area (Å²) in [6, 6.07) is 21.9. The molecular formula is C26H28N2O4S. The molecule has 1 aliphatic rings. The van der Waals surface area contributed by atoms with Crippen LogP contribution in [0.25, 0.3) is 0 Å². The molecule has 1 fully saturated rings. The molecule has 1 amide bonds. The first-order valence-electron chi connectivity index (χ1n) is 11.0. The predicted molar refractivity (Wildman–Crippen MR) is 128 cm³/mol. The van der Waals surface area contributed by atoms with Crippen LogP contribution in [0.1, 0.15) is 39.9 Å². The van der Waals surface area contributed by atoms with Gasteiger partial charge < -0.3 is 9.64 Å². The third-order valence-electron chi connectivity index (χ3n) is 5.82. The fourth-order valence-electron chi connectivity index (χ4n) is 3.69. The van der Waals surface area contributed by atoms with Gasteiger partial charge in [0.15, 0.2) is 0 Å². The highest BCUT2D eigenvalue weighted by molar-refractivity contribution is 7.89. The van der Waals surface area contributed by atoms with Gasteiger partial charge in [-0.2, -0.15) is 0 Å². The van der Waals surface area contributed by atoms with Crippen molar-refractivity contribution >= 4 is 15.9 Å². The van der Waals surface area contributed by atoms with E-state index in [9.17, 15) is 13.2 Å². The number of methoxy groups -OCH3 is 1. The lowest BCUT2D eigenvalue weighted by Crippen LogP contribution is -2.33. The highest BCUT2D eigenvalue weighted by Crippen LogP contribution is 2.31. The highest BCUT2D eigenvalue weighted by atomic mass is 32.2. The van der Waals surface area contributed by atoms with Crippen LogP contribution in [0.4, 0.5) is 0 Å². The molecule has 1 aliphatic carbocycles. The van der Waals surface area contributed by atoms with E-state index in [1.54, 1.807) is 19.2 Å². The molecule has 0 heterocycles. The molecule has 172 valence electrons. The van der Waals surface area contributed by atoms with Crippen LogP contribution in [0.15, 0.2) is 77.7 Å². The lowest BCUT2D eigenvalue weighted by atomic mass is 10.1. The second-order valence-electron chi connectivity index (χ2n) is 8.30. The molecule has 0 saturated heterocycles. The molecule has 4 rings (SSSR count). The molecule has 0 atom stereocenters. The maximum absolute atomic E-state index is 13.5. The summed E-state index contributed by atoms with van der Waals surface area (Å²) in [4.78, 5) is 15.5. The molecule has 0 radical (unpaired) electrons. The Hall–Kier alpha value is -3.16. The first kappa shape index (κ1) is 23.0. The van der Waals surface area contributed by atoms with Gasteiger partial charge in [-0.3, -0.25) is 4.79 Å². The Kier molecular flexibility index (Phi) is 6.81. The normalized spacial score (nSPS) is 13.5. The topological polar surface area (TPSA) is 75.7 Å². The van der Waals surface area contributed by atoms with Gasteiger partial charge in [0, 0.05) is 24.7 Å². The number of hydrogen-bond donors (Lipinski definition) is 1. The van der Waals surface area contributed by atoms with E-state index in [2.05, 4.69) is 4.72 Å². The van der Waals surface area contributed by atoms with Crippen LogP contribution in [-0.4, -0.2) is 32.4 Å². The summed E-state index contributed by atoms with van der Waals surface area (Å²) >= 11 is 0. The van der Waals surface area contributed by atoms with E-state index in [0.717, 1.165) is 35.3 Å². The molecule has 7 heteroatoms. The van der Waals surface area contributed by atoms with E-state index in [0.29, 0.717) is 12.1 Å². The minimum absolute atomic E-state index is 0.0903. The number of nitrogens with one attached hydrogen (secondary N) is 1. The van der Waals surface area contributed by atoms with Gasteiger partial charge >= 0.3 is 0 Å². The quantitative estimate of drug-likeness (QED) is 0.513. The van der Waals surface area contributed by atoms with Crippen LogP contribution in [0.2, 0.25) is 0 Å². The van der Waals surface area contributed by atoms with Crippen molar-refractivity contribution in [1.82, 2.24) is 9.62 Å². The third kappa shape index (κ3) is 5.61. The summed E-state index contributed by atoms with van der Waals surface area (Å²) in [5, 5.41) is 0. The Balaban J connectivity index is 1.55. The number of carbonyl (C=O) groups is 1. The fourth-order valence-corrected chi connectivity index (χ4v) is 4.74. The minimum atomic E-state index is -3.76. The van der Waals surface area contributed by atoms with Gasteiger partial charge in [-0.15, -0.1) is 0 Å². The fraction of sp³-hybridized carbons (Fsp3) is 0.269. The van der Waals surface area contributed by atoms with Crippen LogP contribution >= 0.6 is 0 Å². The lowest BCUT2D eigenvalue weighted by Gasteiger charge is -2.24. The van der Waals surface area contributed by atoms with E-state index >= 15 is 0 Å². The number of nitrogens with zero attached hydrogens (tertiary/aromatic N) is 1. The minimum Gasteiger partial charge on any atom is -0.497 e. The zero-order valence-electron chi connectivity index (χ0n) is 18.8. The number of sulfonamides is 1. The molecule has 1 saturated carbocycles. The average molecular weight is 465 g/mol. The van der Waals surface area contributed by atoms with Crippen molar-refractivity contribution in [1.29, 1.82) is 0 Å². The molecule has 1 N–H and O–H groups in total. The van der Waals surface area contributed by atoms with Crippen LogP contribution in [0.5, 0.6) is 5.75 Å². The summed E-state index contributed by atoms with van der Waals surface area (Å²) in [5.41, 5.74) is 3.03. The Morgan fingerprint density at radius 2 is 1.70 bits per heavy atom. The molecule has 3 aromatic rings. The zero-order chi connectivity index (χ0) is 23.4. The maximum Gasteiger partial charge on any atom is 0.254 e. The van der Waals surface area contributed by atoms with E-state index in [1.165, 1.54) is 6.07 Å². The number of benzene rings is 3. The summed E-state index contributed by atoms with van der Waals surface area (Å²) in [6.45, 7) is 2.49. The number of hydrogen-bond acceptors (Lipinski definition) is 4. The Labute approximate surface area is 195 Å². The van der Waals surface area contributed by atoms with E-state index in [4.69, 9.17) is 4.74 Å². The monoisotopic (exact) mass is 464 g/mol. The summed E-state index contributed by atoms with van der Waals surface area (Å²) in [6.07, 6.45) is 1.91. The van der Waals surface area contributed by atoms with Crippen molar-refractivity contribution in [3.63, 3.8) is 0 Å². The van der Waals surface area contributed by atoms with Crippen molar-refractivity contribution < 1.29 is 17.9 Å². The number of aryl methyl sites for hydroxylation is 1. The van der Waals surface area contributed by atoms with Crippen molar-refractivity contribution in [2.75, 3.05) is 7.11 Å². The van der Waals surface area contributed by atoms with Crippen LogP contribution < -0.4 is 9.46 Å². The van der Waals surface area contributed by atoms with Gasteiger partial charge in [-0.05, 0) is 60.7 Å². The SMILES string of the molecule is COc1ccc(CN(C(=O)c2cc(S(=O)(=O)NCc3ccccc3)ccc2C)C2CC2)cc1. The molecule has 0 spiro atoms. The van der Waals surface area contributed by atoms with Gasteiger partial charge in [0.05, 0.1) is 12.0 Å². The number of amides is 1. The third-order valence-corrected chi connectivity index (χ3v) is 7.22. The second-order valence-corrected chi connectivity index (χ2v) is 10.1. The first-order chi connectivity index (χ1) is 15.9. The number of rotatable bonds is 9. The Morgan fingerprint density at radius 1 is 1.00 bits per heavy atom. The lowest BCUT2D eigenvalue weighted by molar-refractivity contribution is 0.0729. The molecular weight excluding hydrogens is 436 g/mol. The van der Waals surface area contributed by atoms with Crippen molar-refractivity contribution in [2.45, 2.75) is 43.8 Å². The van der Waals surface area contributed by atoms with Gasteiger partial charge in [-0.25, -0.2) is 13.1 Å². The van der Waals surface area contributed by atoms with Crippen LogP contribution in [-0.2, 0) is 23.1 Å². The number of ether oxygens (including phenoxy) is 1. The summed E-state index contributed by atoms with van der Waals surface area (Å²) in [5.74, 6) is 0.616. The van der Waals surface area contributed by atoms with Gasteiger partial charge in [-0.1, -0.05) is 48.5 Å². The molecule has 0 unspecified atom stereocenters. The van der Waals surface area contributed by atoms with Crippen LogP contribution in [0.3, 0.4) is 0 Å². The molecule has 0 bridgehead atoms. The Morgan fingerprint density at radius 3 is 2.33 bits per heavy atom. The van der Waals surface area contributed by atoms with E-state index < -0.39 is 10.0 Å². The Bertz CT molecular complexity index is 1220. The smallest absolute Gasteiger partial charge is 0.254 e. The standard InChI is InChI=1S/C26H28N2O4S/c1-19-8-15-24(33(30,31)27-17-20-6-4-3-5-7-20)16-25(19)26(29)28(22-11-12-22)18-21-9-13-23(32-2)14-10-21/h3-10,13-16,22,27H,11-12,17-18H2,1-2H3. The first-order valence-corrected chi connectivity index (χ1v) is 12.4. The molecule has 6 nitrogen and oxygen atoms in total. The summed E-state index contributed by atoms with van der Waals surface area (Å²) < 4.78 is 33.7. The zero-order valence-corrected chi connectivity index (χ0v) is 19.6. The molecule has 0 aliphatic heterocycles. The van der Waals surface area contributed by atoms with Gasteiger partial charge in [0.2, 0.25) is 10.0 Å². The largest absolute Gasteiger partial charge is 0.497 e. The van der Waals surface area contributed by atoms with E-state index in [1.807, 2.05) is 66.4 Å². The van der Waals surface area contributed by atoms with E-state index in [-0.39, 0.29) is 23.4 Å². The van der Waals surface area contributed by atoms with Crippen molar-refractivity contribution in [3.8, 4) is 5.75 Å². The number of carbonyl (C=O) groups excluding carboxylic acids is 1. The molecule has 33 heavy (non-hydrogen) atoms. The second kappa shape index (κ2) is 9.77. The van der Waals surface area contributed by atoms with Gasteiger partial charge in [0.1, 0.15) is 5.75 Å². The van der Waals surface area contributed by atoms with Crippen molar-refractivity contribution in [2.24, 2.45) is 0 Å². The summed E-state index contributed by atoms with van der Waals surface area (Å²) in [7, 11) is -2.14. The maximum atomic E-state index is 13.5. The average Bonchev–Trinajstić information content (AvgIpc) is 3.67. The highest BCUT2D eigenvalue weighted by Gasteiger charge is 2.34. The van der Waals surface area contributed by atoms with Crippen molar-refractivity contribution in [3.05, 3.63) is 95.1 Å².